The molecule has 2 unspecified atom stereocenters. The molecule has 0 aliphatic carbocycles. The Morgan fingerprint density at radius 3 is 0.924 bits per heavy atom. The van der Waals surface area contributed by atoms with Crippen molar-refractivity contribution < 1.29 is 24.5 Å². The topological polar surface area (TPSA) is 95.9 Å². The van der Waals surface area contributed by atoms with Gasteiger partial charge < -0.3 is 20.3 Å². The number of amides is 1. The van der Waals surface area contributed by atoms with Crippen LogP contribution < -0.4 is 5.32 Å². The Hall–Kier alpha value is -1.40. The van der Waals surface area contributed by atoms with Gasteiger partial charge in [0.1, 0.15) is 0 Å². The third-order valence-corrected chi connectivity index (χ3v) is 17.3. The van der Waals surface area contributed by atoms with Crippen LogP contribution in [0.15, 0.2) is 12.2 Å². The van der Waals surface area contributed by atoms with Gasteiger partial charge in [-0.2, -0.15) is 0 Å². The van der Waals surface area contributed by atoms with Crippen LogP contribution in [0, 0.1) is 0 Å². The number of esters is 1. The van der Waals surface area contributed by atoms with Gasteiger partial charge >= 0.3 is 5.97 Å². The van der Waals surface area contributed by atoms with E-state index in [1.165, 1.54) is 340 Å². The summed E-state index contributed by atoms with van der Waals surface area (Å²) >= 11 is 0. The summed E-state index contributed by atoms with van der Waals surface area (Å²) in [6, 6.07) is -0.535. The number of aliphatic hydroxyl groups is 2. The number of hydrogen-bond donors (Lipinski definition) is 3. The van der Waals surface area contributed by atoms with Gasteiger partial charge in [0, 0.05) is 12.8 Å². The predicted molar refractivity (Wildman–Crippen MR) is 347 cm³/mol. The van der Waals surface area contributed by atoms with Crippen LogP contribution in [0.1, 0.15) is 418 Å². The first kappa shape index (κ1) is 77.6. The fraction of sp³-hybridized carbons (Fsp3) is 0.945. The average Bonchev–Trinajstić information content (AvgIpc) is 3.45. The van der Waals surface area contributed by atoms with E-state index in [9.17, 15) is 19.8 Å². The van der Waals surface area contributed by atoms with Gasteiger partial charge in [0.05, 0.1) is 25.4 Å². The van der Waals surface area contributed by atoms with E-state index < -0.39 is 12.1 Å². The number of rotatable bonds is 69. The van der Waals surface area contributed by atoms with E-state index >= 15 is 0 Å². The number of ether oxygens (including phenoxy) is 1. The van der Waals surface area contributed by atoms with E-state index in [4.69, 9.17) is 4.74 Å². The molecule has 0 aliphatic heterocycles. The molecule has 79 heavy (non-hydrogen) atoms. The molecule has 0 aromatic carbocycles. The number of nitrogens with one attached hydrogen (secondary N) is 1. The van der Waals surface area contributed by atoms with Crippen LogP contribution in [0.5, 0.6) is 0 Å². The second-order valence-corrected chi connectivity index (χ2v) is 25.3. The lowest BCUT2D eigenvalue weighted by molar-refractivity contribution is -0.143. The largest absolute Gasteiger partial charge is 0.466 e. The number of aliphatic hydroxyl groups excluding tert-OH is 2. The Morgan fingerprint density at radius 1 is 0.342 bits per heavy atom. The van der Waals surface area contributed by atoms with Crippen LogP contribution in [0.3, 0.4) is 0 Å². The van der Waals surface area contributed by atoms with Crippen molar-refractivity contribution in [1.82, 2.24) is 5.32 Å². The highest BCUT2D eigenvalue weighted by Crippen LogP contribution is 2.20. The summed E-state index contributed by atoms with van der Waals surface area (Å²) in [5.74, 6) is -0.0127. The maximum Gasteiger partial charge on any atom is 0.305 e. The first-order valence-corrected chi connectivity index (χ1v) is 36.4. The van der Waals surface area contributed by atoms with Crippen LogP contribution in [0.2, 0.25) is 0 Å². The third-order valence-electron chi connectivity index (χ3n) is 17.3. The molecule has 0 rings (SSSR count). The lowest BCUT2D eigenvalue weighted by atomic mass is 10.0. The van der Waals surface area contributed by atoms with E-state index in [0.717, 1.165) is 44.9 Å². The fourth-order valence-electron chi connectivity index (χ4n) is 11.8. The van der Waals surface area contributed by atoms with Gasteiger partial charge in [-0.15, -0.1) is 0 Å². The quantitative estimate of drug-likeness (QED) is 0.0320. The smallest absolute Gasteiger partial charge is 0.305 e. The molecule has 1 amide bonds. The maximum absolute atomic E-state index is 12.5. The fourth-order valence-corrected chi connectivity index (χ4v) is 11.8. The first-order chi connectivity index (χ1) is 39.0. The lowest BCUT2D eigenvalue weighted by Gasteiger charge is -2.22. The molecule has 6 heteroatoms. The maximum atomic E-state index is 12.5. The zero-order valence-corrected chi connectivity index (χ0v) is 53.9. The Labute approximate surface area is 495 Å². The second kappa shape index (κ2) is 69.1. The Kier molecular flexibility index (Phi) is 67.9. The number of carbonyl (C=O) groups is 2. The molecule has 0 aromatic heterocycles. The lowest BCUT2D eigenvalue weighted by Crippen LogP contribution is -2.45. The summed E-state index contributed by atoms with van der Waals surface area (Å²) in [5, 5.41) is 23.3. The minimum Gasteiger partial charge on any atom is -0.466 e. The summed E-state index contributed by atoms with van der Waals surface area (Å²) in [7, 11) is 0. The molecule has 0 aliphatic rings. The molecule has 0 bridgehead atoms. The van der Waals surface area contributed by atoms with Crippen molar-refractivity contribution in [3.8, 4) is 0 Å². The SMILES string of the molecule is CCCCC/C=C\CCCCCCCC(=O)OCCCCCCCCCCCCCCCCCCCCCCCCCCCCCCCCCCCCCCCC(=O)NC(CO)C(O)CCCCCCCCCCCCCCC. The molecular formula is C73H143NO5. The van der Waals surface area contributed by atoms with Gasteiger partial charge in [-0.3, -0.25) is 9.59 Å². The van der Waals surface area contributed by atoms with Gasteiger partial charge in [-0.25, -0.2) is 0 Å². The normalized spacial score (nSPS) is 12.5. The van der Waals surface area contributed by atoms with Crippen LogP contribution in [0.4, 0.5) is 0 Å². The van der Waals surface area contributed by atoms with Crippen molar-refractivity contribution in [2.24, 2.45) is 0 Å². The third kappa shape index (κ3) is 65.6. The standard InChI is InChI=1S/C73H143NO5/c1-3-5-7-9-11-13-15-42-45-49-53-57-61-65-71(76)70(69-75)74-72(77)66-62-58-54-50-46-43-40-38-36-34-32-30-28-26-24-22-20-18-17-19-21-23-25-27-29-31-33-35-37-39-41-44-48-52-56-60-64-68-79-73(78)67-63-59-55-51-47-16-14-12-10-8-6-4-2/h12,14,70-71,75-76H,3-11,13,15-69H2,1-2H3,(H,74,77)/b14-12-. The summed E-state index contributed by atoms with van der Waals surface area (Å²) in [5.41, 5.74) is 0. The molecule has 470 valence electrons. The number of unbranched alkanes of at least 4 members (excludes halogenated alkanes) is 56. The Morgan fingerprint density at radius 2 is 0.595 bits per heavy atom. The first-order valence-electron chi connectivity index (χ1n) is 36.4. The number of hydrogen-bond acceptors (Lipinski definition) is 5. The van der Waals surface area contributed by atoms with Crippen molar-refractivity contribution in [2.75, 3.05) is 13.2 Å². The van der Waals surface area contributed by atoms with Gasteiger partial charge in [0.25, 0.3) is 0 Å². The molecule has 0 aromatic rings. The van der Waals surface area contributed by atoms with E-state index in [2.05, 4.69) is 31.3 Å². The van der Waals surface area contributed by atoms with Gasteiger partial charge in [-0.1, -0.05) is 366 Å². The molecule has 0 fully saturated rings. The molecule has 6 nitrogen and oxygen atoms in total. The van der Waals surface area contributed by atoms with Gasteiger partial charge in [0.15, 0.2) is 0 Å². The highest BCUT2D eigenvalue weighted by molar-refractivity contribution is 5.76. The highest BCUT2D eigenvalue weighted by Gasteiger charge is 2.20. The zero-order valence-electron chi connectivity index (χ0n) is 53.9. The van der Waals surface area contributed by atoms with E-state index in [0.29, 0.717) is 25.9 Å². The number of carbonyl (C=O) groups excluding carboxylic acids is 2. The van der Waals surface area contributed by atoms with Crippen LogP contribution in [-0.4, -0.2) is 47.4 Å². The summed E-state index contributed by atoms with van der Waals surface area (Å²) in [6.07, 6.45) is 85.8. The van der Waals surface area contributed by atoms with Crippen molar-refractivity contribution >= 4 is 11.9 Å². The average molecular weight is 1110 g/mol. The van der Waals surface area contributed by atoms with Crippen molar-refractivity contribution in [3.63, 3.8) is 0 Å². The molecule has 0 radical (unpaired) electrons. The summed E-state index contributed by atoms with van der Waals surface area (Å²) in [4.78, 5) is 24.5. The zero-order chi connectivity index (χ0) is 57.1. The van der Waals surface area contributed by atoms with Crippen molar-refractivity contribution in [3.05, 3.63) is 12.2 Å². The van der Waals surface area contributed by atoms with Crippen LogP contribution >= 0.6 is 0 Å². The van der Waals surface area contributed by atoms with Gasteiger partial charge in [-0.05, 0) is 51.4 Å². The molecule has 0 spiro atoms. The van der Waals surface area contributed by atoms with Crippen LogP contribution in [0.25, 0.3) is 0 Å². The molecule has 0 saturated heterocycles. The van der Waals surface area contributed by atoms with E-state index in [-0.39, 0.29) is 18.5 Å². The molecular weight excluding hydrogens is 971 g/mol. The predicted octanol–water partition coefficient (Wildman–Crippen LogP) is 23.5. The minimum absolute atomic E-state index is 0.0139. The molecule has 0 saturated carbocycles. The highest BCUT2D eigenvalue weighted by atomic mass is 16.5. The van der Waals surface area contributed by atoms with Crippen molar-refractivity contribution in [1.29, 1.82) is 0 Å². The summed E-state index contributed by atoms with van der Waals surface area (Å²) < 4.78 is 5.48. The second-order valence-electron chi connectivity index (χ2n) is 25.3. The molecule has 2 atom stereocenters. The number of allylic oxidation sites excluding steroid dienone is 2. The molecule has 0 heterocycles. The Bertz CT molecular complexity index is 1190. The van der Waals surface area contributed by atoms with Crippen molar-refractivity contribution in [2.45, 2.75) is 431 Å². The van der Waals surface area contributed by atoms with E-state index in [1.54, 1.807) is 0 Å². The van der Waals surface area contributed by atoms with E-state index in [1.807, 2.05) is 0 Å². The Balaban J connectivity index is 3.28. The van der Waals surface area contributed by atoms with Gasteiger partial charge in [0.2, 0.25) is 5.91 Å². The minimum atomic E-state index is -0.658. The van der Waals surface area contributed by atoms with Crippen LogP contribution in [-0.2, 0) is 14.3 Å². The summed E-state index contributed by atoms with van der Waals surface area (Å²) in [6.45, 7) is 4.96. The molecule has 3 N–H and O–H groups in total. The monoisotopic (exact) mass is 1110 g/mol.